The third-order valence-electron chi connectivity index (χ3n) is 3.13. The highest BCUT2D eigenvalue weighted by Gasteiger charge is 2.10. The van der Waals surface area contributed by atoms with Crippen LogP contribution in [-0.4, -0.2) is 12.2 Å². The molecule has 0 radical (unpaired) electrons. The summed E-state index contributed by atoms with van der Waals surface area (Å²) in [6, 6.07) is 11.9. The minimum Gasteiger partial charge on any atom is -0.494 e. The summed E-state index contributed by atoms with van der Waals surface area (Å²) in [6.45, 7) is 1.90. The molecule has 0 amide bonds. The van der Waals surface area contributed by atoms with Crippen LogP contribution in [0.2, 0.25) is 5.02 Å². The van der Waals surface area contributed by atoms with Gasteiger partial charge in [0.25, 0.3) is 0 Å². The van der Waals surface area contributed by atoms with Gasteiger partial charge in [-0.1, -0.05) is 17.7 Å². The van der Waals surface area contributed by atoms with E-state index in [0.29, 0.717) is 10.1 Å². The van der Waals surface area contributed by atoms with E-state index in [1.54, 1.807) is 24.3 Å². The molecule has 0 heterocycles. The Bertz CT molecular complexity index is 664. The van der Waals surface area contributed by atoms with Crippen LogP contribution >= 0.6 is 23.8 Å². The second-order valence-corrected chi connectivity index (χ2v) is 5.57. The molecule has 22 heavy (non-hydrogen) atoms. The quantitative estimate of drug-likeness (QED) is 0.802. The highest BCUT2D eigenvalue weighted by atomic mass is 35.5. The monoisotopic (exact) mass is 338 g/mol. The van der Waals surface area contributed by atoms with Crippen LogP contribution in [-0.2, 0) is 0 Å². The fourth-order valence-corrected chi connectivity index (χ4v) is 2.35. The van der Waals surface area contributed by atoms with Crippen molar-refractivity contribution < 1.29 is 9.13 Å². The SMILES string of the molecule is COc1ccc([C@@H](C)NC(=S)Nc2ccc(Cl)cc2)cc1F. The lowest BCUT2D eigenvalue weighted by atomic mass is 10.1. The highest BCUT2D eigenvalue weighted by molar-refractivity contribution is 7.80. The molecule has 0 aliphatic carbocycles. The standard InChI is InChI=1S/C16H16ClFN2OS/c1-10(11-3-8-15(21-2)14(18)9-11)19-16(22)20-13-6-4-12(17)5-7-13/h3-10H,1-2H3,(H2,19,20,22)/t10-/m1/s1. The Labute approximate surface area is 139 Å². The van der Waals surface area contributed by atoms with Gasteiger partial charge in [-0.2, -0.15) is 0 Å². The van der Waals surface area contributed by atoms with Crippen molar-refractivity contribution in [3.63, 3.8) is 0 Å². The predicted octanol–water partition coefficient (Wildman–Crippen LogP) is 4.54. The van der Waals surface area contributed by atoms with Gasteiger partial charge in [0.15, 0.2) is 16.7 Å². The molecule has 2 aromatic rings. The molecule has 116 valence electrons. The average Bonchev–Trinajstić information content (AvgIpc) is 2.49. The van der Waals surface area contributed by atoms with Crippen LogP contribution in [0.1, 0.15) is 18.5 Å². The van der Waals surface area contributed by atoms with E-state index in [4.69, 9.17) is 28.6 Å². The van der Waals surface area contributed by atoms with E-state index < -0.39 is 5.82 Å². The molecular weight excluding hydrogens is 323 g/mol. The summed E-state index contributed by atoms with van der Waals surface area (Å²) in [4.78, 5) is 0. The Hall–Kier alpha value is -1.85. The molecular formula is C16H16ClFN2OS. The van der Waals surface area contributed by atoms with E-state index in [9.17, 15) is 4.39 Å². The summed E-state index contributed by atoms with van der Waals surface area (Å²) in [5.74, 6) is -0.178. The molecule has 2 aromatic carbocycles. The van der Waals surface area contributed by atoms with Gasteiger partial charge >= 0.3 is 0 Å². The molecule has 0 spiro atoms. The summed E-state index contributed by atoms with van der Waals surface area (Å²) in [6.07, 6.45) is 0. The van der Waals surface area contributed by atoms with Crippen molar-refractivity contribution in [2.75, 3.05) is 12.4 Å². The fourth-order valence-electron chi connectivity index (χ4n) is 1.93. The van der Waals surface area contributed by atoms with E-state index in [2.05, 4.69) is 10.6 Å². The molecule has 2 rings (SSSR count). The third kappa shape index (κ3) is 4.32. The van der Waals surface area contributed by atoms with Gasteiger partial charge in [0.2, 0.25) is 0 Å². The Morgan fingerprint density at radius 1 is 1.23 bits per heavy atom. The maximum absolute atomic E-state index is 13.7. The van der Waals surface area contributed by atoms with Gasteiger partial charge in [-0.25, -0.2) is 4.39 Å². The maximum atomic E-state index is 13.7. The van der Waals surface area contributed by atoms with Gasteiger partial charge in [0.05, 0.1) is 13.2 Å². The number of halogens is 2. The van der Waals surface area contributed by atoms with Gasteiger partial charge in [-0.3, -0.25) is 0 Å². The number of nitrogens with one attached hydrogen (secondary N) is 2. The summed E-state index contributed by atoms with van der Waals surface area (Å²) in [7, 11) is 1.44. The van der Waals surface area contributed by atoms with Crippen LogP contribution in [0.15, 0.2) is 42.5 Å². The molecule has 0 aliphatic heterocycles. The van der Waals surface area contributed by atoms with Crippen molar-refractivity contribution in [2.45, 2.75) is 13.0 Å². The van der Waals surface area contributed by atoms with Gasteiger partial charge in [0, 0.05) is 10.7 Å². The molecule has 0 fully saturated rings. The molecule has 0 unspecified atom stereocenters. The zero-order chi connectivity index (χ0) is 16.1. The van der Waals surface area contributed by atoms with E-state index >= 15 is 0 Å². The Morgan fingerprint density at radius 3 is 2.50 bits per heavy atom. The maximum Gasteiger partial charge on any atom is 0.171 e. The predicted molar refractivity (Wildman–Crippen MR) is 92.2 cm³/mol. The largest absolute Gasteiger partial charge is 0.494 e. The normalized spacial score (nSPS) is 11.6. The van der Waals surface area contributed by atoms with Gasteiger partial charge in [-0.15, -0.1) is 0 Å². The van der Waals surface area contributed by atoms with Gasteiger partial charge < -0.3 is 15.4 Å². The smallest absolute Gasteiger partial charge is 0.171 e. The molecule has 6 heteroatoms. The molecule has 1 atom stereocenters. The number of hydrogen-bond donors (Lipinski definition) is 2. The second kappa shape index (κ2) is 7.42. The van der Waals surface area contributed by atoms with Crippen LogP contribution < -0.4 is 15.4 Å². The number of ether oxygens (including phenoxy) is 1. The van der Waals surface area contributed by atoms with Crippen molar-refractivity contribution in [3.8, 4) is 5.75 Å². The lowest BCUT2D eigenvalue weighted by molar-refractivity contribution is 0.386. The van der Waals surface area contributed by atoms with Crippen LogP contribution in [0.4, 0.5) is 10.1 Å². The molecule has 0 saturated heterocycles. The Morgan fingerprint density at radius 2 is 1.91 bits per heavy atom. The average molecular weight is 339 g/mol. The number of benzene rings is 2. The minimum absolute atomic E-state index is 0.146. The number of rotatable bonds is 4. The van der Waals surface area contributed by atoms with E-state index in [1.807, 2.05) is 19.1 Å². The molecule has 0 saturated carbocycles. The van der Waals surface area contributed by atoms with Crippen LogP contribution in [0.5, 0.6) is 5.75 Å². The molecule has 0 bridgehead atoms. The van der Waals surface area contributed by atoms with Crippen LogP contribution in [0, 0.1) is 5.82 Å². The van der Waals surface area contributed by atoms with Crippen molar-refractivity contribution in [1.82, 2.24) is 5.32 Å². The topological polar surface area (TPSA) is 33.3 Å². The first-order valence-electron chi connectivity index (χ1n) is 6.66. The van der Waals surface area contributed by atoms with Crippen molar-refractivity contribution in [3.05, 3.63) is 58.9 Å². The summed E-state index contributed by atoms with van der Waals surface area (Å²) in [5.41, 5.74) is 1.61. The molecule has 0 aromatic heterocycles. The second-order valence-electron chi connectivity index (χ2n) is 4.72. The lowest BCUT2D eigenvalue weighted by Crippen LogP contribution is -2.30. The Balaban J connectivity index is 1.98. The summed E-state index contributed by atoms with van der Waals surface area (Å²) >= 11 is 11.1. The van der Waals surface area contributed by atoms with Gasteiger partial charge in [-0.05, 0) is 61.1 Å². The number of thiocarbonyl (C=S) groups is 1. The first kappa shape index (κ1) is 16.5. The molecule has 3 nitrogen and oxygen atoms in total. The zero-order valence-corrected chi connectivity index (χ0v) is 13.8. The lowest BCUT2D eigenvalue weighted by Gasteiger charge is -2.18. The third-order valence-corrected chi connectivity index (χ3v) is 3.60. The number of anilines is 1. The molecule has 2 N–H and O–H groups in total. The molecule has 0 aliphatic rings. The Kier molecular flexibility index (Phi) is 5.57. The summed E-state index contributed by atoms with van der Waals surface area (Å²) in [5, 5.41) is 7.26. The van der Waals surface area contributed by atoms with Crippen LogP contribution in [0.3, 0.4) is 0 Å². The van der Waals surface area contributed by atoms with Gasteiger partial charge in [0.1, 0.15) is 0 Å². The zero-order valence-electron chi connectivity index (χ0n) is 12.2. The van der Waals surface area contributed by atoms with E-state index in [0.717, 1.165) is 11.3 Å². The van der Waals surface area contributed by atoms with Crippen molar-refractivity contribution in [2.24, 2.45) is 0 Å². The summed E-state index contributed by atoms with van der Waals surface area (Å²) < 4.78 is 18.6. The minimum atomic E-state index is -0.398. The van der Waals surface area contributed by atoms with E-state index in [-0.39, 0.29) is 11.8 Å². The highest BCUT2D eigenvalue weighted by Crippen LogP contribution is 2.22. The fraction of sp³-hybridized carbons (Fsp3) is 0.188. The van der Waals surface area contributed by atoms with E-state index in [1.165, 1.54) is 13.2 Å². The first-order valence-corrected chi connectivity index (χ1v) is 7.44. The van der Waals surface area contributed by atoms with Crippen molar-refractivity contribution >= 4 is 34.6 Å². The van der Waals surface area contributed by atoms with Crippen molar-refractivity contribution in [1.29, 1.82) is 0 Å². The van der Waals surface area contributed by atoms with Crippen LogP contribution in [0.25, 0.3) is 0 Å². The first-order chi connectivity index (χ1) is 10.5. The number of hydrogen-bond acceptors (Lipinski definition) is 2. The number of methoxy groups -OCH3 is 1.